The topological polar surface area (TPSA) is 86.7 Å². The van der Waals surface area contributed by atoms with Crippen LogP contribution in [0.15, 0.2) is 48.9 Å². The fraction of sp³-hybridized carbons (Fsp3) is 0.286. The molecule has 148 valence electrons. The summed E-state index contributed by atoms with van der Waals surface area (Å²) < 4.78 is 1.80. The van der Waals surface area contributed by atoms with Crippen LogP contribution in [0.5, 0.6) is 0 Å². The molecule has 0 spiro atoms. The lowest BCUT2D eigenvalue weighted by Gasteiger charge is -2.27. The Morgan fingerprint density at radius 3 is 2.83 bits per heavy atom. The summed E-state index contributed by atoms with van der Waals surface area (Å²) in [7, 11) is 1.92. The van der Waals surface area contributed by atoms with Crippen molar-refractivity contribution in [3.8, 4) is 11.1 Å². The second kappa shape index (κ2) is 7.65. The second-order valence-corrected chi connectivity index (χ2v) is 7.42. The molecule has 4 heterocycles. The maximum atomic E-state index is 4.65. The zero-order chi connectivity index (χ0) is 19.6. The molecule has 1 aliphatic rings. The Morgan fingerprint density at radius 1 is 1.10 bits per heavy atom. The van der Waals surface area contributed by atoms with E-state index in [1.54, 1.807) is 4.68 Å². The summed E-state index contributed by atoms with van der Waals surface area (Å²) in [5.41, 5.74) is 5.33. The molecule has 4 aromatic rings. The standard InChI is InChI=1S/C21H24N8/c1-28-14-17(12-24-28)16-2-3-18-19(11-16)26-21(25-18)27-20-10-15(4-5-23-20)13-29-8-6-22-7-9-29/h2-5,10-12,14,22H,6-9,13H2,1H3,(H2,23,25,26,27). The van der Waals surface area contributed by atoms with Gasteiger partial charge in [0.1, 0.15) is 5.82 Å². The Balaban J connectivity index is 1.34. The number of nitrogens with zero attached hydrogens (tertiary/aromatic N) is 5. The zero-order valence-corrected chi connectivity index (χ0v) is 16.4. The quantitative estimate of drug-likeness (QED) is 0.487. The fourth-order valence-electron chi connectivity index (χ4n) is 3.71. The molecule has 8 nitrogen and oxygen atoms in total. The summed E-state index contributed by atoms with van der Waals surface area (Å²) in [4.78, 5) is 14.9. The molecular weight excluding hydrogens is 364 g/mol. The number of H-pyrrole nitrogens is 1. The van der Waals surface area contributed by atoms with Crippen LogP contribution < -0.4 is 10.6 Å². The monoisotopic (exact) mass is 388 g/mol. The summed E-state index contributed by atoms with van der Waals surface area (Å²) in [6.07, 6.45) is 5.72. The molecule has 0 bridgehead atoms. The fourth-order valence-corrected chi connectivity index (χ4v) is 3.71. The molecule has 29 heavy (non-hydrogen) atoms. The number of benzene rings is 1. The highest BCUT2D eigenvalue weighted by molar-refractivity contribution is 5.83. The lowest BCUT2D eigenvalue weighted by molar-refractivity contribution is 0.233. The lowest BCUT2D eigenvalue weighted by atomic mass is 10.1. The number of pyridine rings is 1. The maximum absolute atomic E-state index is 4.65. The maximum Gasteiger partial charge on any atom is 0.206 e. The molecule has 1 aromatic carbocycles. The lowest BCUT2D eigenvalue weighted by Crippen LogP contribution is -2.42. The van der Waals surface area contributed by atoms with Crippen LogP contribution in [-0.4, -0.2) is 55.8 Å². The first-order chi connectivity index (χ1) is 14.2. The van der Waals surface area contributed by atoms with E-state index < -0.39 is 0 Å². The second-order valence-electron chi connectivity index (χ2n) is 7.42. The molecule has 3 aromatic heterocycles. The van der Waals surface area contributed by atoms with E-state index in [-0.39, 0.29) is 0 Å². The normalized spacial score (nSPS) is 15.1. The van der Waals surface area contributed by atoms with E-state index in [1.807, 2.05) is 31.7 Å². The molecule has 8 heteroatoms. The van der Waals surface area contributed by atoms with Gasteiger partial charge in [-0.15, -0.1) is 0 Å². The Hall–Kier alpha value is -3.23. The molecule has 1 saturated heterocycles. The van der Waals surface area contributed by atoms with Crippen LogP contribution in [0.4, 0.5) is 11.8 Å². The first kappa shape index (κ1) is 17.8. The summed E-state index contributed by atoms with van der Waals surface area (Å²) >= 11 is 0. The minimum absolute atomic E-state index is 0.690. The number of imidazole rings is 1. The molecule has 0 radical (unpaired) electrons. The number of aromatic amines is 1. The number of hydrogen-bond acceptors (Lipinski definition) is 6. The van der Waals surface area contributed by atoms with E-state index in [0.29, 0.717) is 5.95 Å². The Morgan fingerprint density at radius 2 is 2.00 bits per heavy atom. The summed E-state index contributed by atoms with van der Waals surface area (Å²) in [6.45, 7) is 5.20. The number of rotatable bonds is 5. The molecule has 0 amide bonds. The molecule has 3 N–H and O–H groups in total. The van der Waals surface area contributed by atoms with Gasteiger partial charge in [-0.25, -0.2) is 9.97 Å². The number of piperazine rings is 1. The molecule has 1 aliphatic heterocycles. The molecule has 0 saturated carbocycles. The minimum Gasteiger partial charge on any atom is -0.324 e. The van der Waals surface area contributed by atoms with Crippen molar-refractivity contribution in [1.29, 1.82) is 0 Å². The highest BCUT2D eigenvalue weighted by atomic mass is 15.2. The van der Waals surface area contributed by atoms with Gasteiger partial charge in [0.2, 0.25) is 5.95 Å². The van der Waals surface area contributed by atoms with Gasteiger partial charge in [0.25, 0.3) is 0 Å². The van der Waals surface area contributed by atoms with Crippen LogP contribution in [0, 0.1) is 0 Å². The Bertz CT molecular complexity index is 1120. The highest BCUT2D eigenvalue weighted by Crippen LogP contribution is 2.24. The van der Waals surface area contributed by atoms with E-state index in [4.69, 9.17) is 0 Å². The van der Waals surface area contributed by atoms with Gasteiger partial charge >= 0.3 is 0 Å². The molecule has 0 unspecified atom stereocenters. The Labute approximate surface area is 169 Å². The van der Waals surface area contributed by atoms with Crippen LogP contribution in [0.3, 0.4) is 0 Å². The van der Waals surface area contributed by atoms with Gasteiger partial charge in [0.05, 0.1) is 17.2 Å². The average molecular weight is 388 g/mol. The minimum atomic E-state index is 0.690. The van der Waals surface area contributed by atoms with Gasteiger partial charge in [-0.3, -0.25) is 9.58 Å². The van der Waals surface area contributed by atoms with Crippen molar-refractivity contribution in [3.05, 3.63) is 54.5 Å². The van der Waals surface area contributed by atoms with Crippen molar-refractivity contribution in [2.75, 3.05) is 31.5 Å². The zero-order valence-electron chi connectivity index (χ0n) is 16.4. The average Bonchev–Trinajstić information content (AvgIpc) is 3.34. The third-order valence-electron chi connectivity index (χ3n) is 5.21. The van der Waals surface area contributed by atoms with E-state index in [0.717, 1.165) is 60.7 Å². The predicted octanol–water partition coefficient (Wildman–Crippen LogP) is 2.51. The van der Waals surface area contributed by atoms with Crippen molar-refractivity contribution in [1.82, 2.24) is 34.9 Å². The first-order valence-electron chi connectivity index (χ1n) is 9.87. The van der Waals surface area contributed by atoms with Crippen LogP contribution in [0.2, 0.25) is 0 Å². The molecular formula is C21H24N8. The van der Waals surface area contributed by atoms with Crippen LogP contribution >= 0.6 is 0 Å². The molecule has 0 atom stereocenters. The van der Waals surface area contributed by atoms with Crippen molar-refractivity contribution >= 4 is 22.8 Å². The predicted molar refractivity (Wildman–Crippen MR) is 114 cm³/mol. The number of fused-ring (bicyclic) bond motifs is 1. The first-order valence-corrected chi connectivity index (χ1v) is 9.87. The highest BCUT2D eigenvalue weighted by Gasteiger charge is 2.11. The van der Waals surface area contributed by atoms with Gasteiger partial charge in [-0.2, -0.15) is 5.10 Å². The molecule has 1 fully saturated rings. The molecule has 0 aliphatic carbocycles. The largest absolute Gasteiger partial charge is 0.324 e. The molecule has 5 rings (SSSR count). The number of anilines is 2. The number of aromatic nitrogens is 5. The van der Waals surface area contributed by atoms with Crippen molar-refractivity contribution < 1.29 is 0 Å². The van der Waals surface area contributed by atoms with Gasteiger partial charge < -0.3 is 15.6 Å². The van der Waals surface area contributed by atoms with Crippen molar-refractivity contribution in [2.45, 2.75) is 6.54 Å². The van der Waals surface area contributed by atoms with Gasteiger partial charge in [-0.05, 0) is 35.4 Å². The summed E-state index contributed by atoms with van der Waals surface area (Å²) in [5.74, 6) is 1.49. The van der Waals surface area contributed by atoms with E-state index in [9.17, 15) is 0 Å². The van der Waals surface area contributed by atoms with Gasteiger partial charge in [0.15, 0.2) is 0 Å². The van der Waals surface area contributed by atoms with Gasteiger partial charge in [0, 0.05) is 57.7 Å². The van der Waals surface area contributed by atoms with Crippen LogP contribution in [0.1, 0.15) is 5.56 Å². The van der Waals surface area contributed by atoms with E-state index in [2.05, 4.69) is 59.8 Å². The van der Waals surface area contributed by atoms with Crippen LogP contribution in [-0.2, 0) is 13.6 Å². The van der Waals surface area contributed by atoms with Crippen molar-refractivity contribution in [3.63, 3.8) is 0 Å². The van der Waals surface area contributed by atoms with E-state index in [1.165, 1.54) is 5.56 Å². The SMILES string of the molecule is Cn1cc(-c2ccc3nc(Nc4cc(CN5CCNCC5)ccn4)[nH]c3c2)cn1. The van der Waals surface area contributed by atoms with Crippen molar-refractivity contribution in [2.24, 2.45) is 7.05 Å². The van der Waals surface area contributed by atoms with Gasteiger partial charge in [-0.1, -0.05) is 6.07 Å². The number of nitrogens with one attached hydrogen (secondary N) is 3. The summed E-state index contributed by atoms with van der Waals surface area (Å²) in [6, 6.07) is 10.4. The van der Waals surface area contributed by atoms with E-state index >= 15 is 0 Å². The summed E-state index contributed by atoms with van der Waals surface area (Å²) in [5, 5.41) is 10.9. The van der Waals surface area contributed by atoms with Crippen LogP contribution in [0.25, 0.3) is 22.2 Å². The smallest absolute Gasteiger partial charge is 0.206 e. The Kier molecular flexibility index (Phi) is 4.71. The third-order valence-corrected chi connectivity index (χ3v) is 5.21. The third kappa shape index (κ3) is 3.98. The number of hydrogen-bond donors (Lipinski definition) is 3. The number of aryl methyl sites for hydroxylation is 1.